The number of carbonyl (C=O) groups excluding carboxylic acids is 1. The van der Waals surface area contributed by atoms with E-state index in [1.54, 1.807) is 17.5 Å². The minimum atomic E-state index is -0.0491. The molecule has 0 aliphatic carbocycles. The van der Waals surface area contributed by atoms with Crippen LogP contribution in [-0.4, -0.2) is 49.1 Å². The molecule has 1 aliphatic heterocycles. The summed E-state index contributed by atoms with van der Waals surface area (Å²) in [6.45, 7) is 2.81. The van der Waals surface area contributed by atoms with Crippen molar-refractivity contribution in [3.63, 3.8) is 0 Å². The van der Waals surface area contributed by atoms with Crippen molar-refractivity contribution in [2.24, 2.45) is 0 Å². The number of nitrogens with one attached hydrogen (secondary N) is 1. The predicted molar refractivity (Wildman–Crippen MR) is 70.5 cm³/mol. The van der Waals surface area contributed by atoms with Crippen LogP contribution in [0.1, 0.15) is 24.0 Å². The van der Waals surface area contributed by atoms with Crippen LogP contribution in [0.25, 0.3) is 0 Å². The molecule has 1 fully saturated rings. The molecule has 1 atom stereocenters. The predicted octanol–water partition coefficient (Wildman–Crippen LogP) is 1.04. The van der Waals surface area contributed by atoms with Crippen LogP contribution in [0.15, 0.2) is 11.6 Å². The number of morpholine rings is 1. The Bertz CT molecular complexity index is 369. The van der Waals surface area contributed by atoms with Gasteiger partial charge in [0.15, 0.2) is 0 Å². The lowest BCUT2D eigenvalue weighted by Crippen LogP contribution is -2.42. The molecule has 0 aromatic carbocycles. The maximum absolute atomic E-state index is 12.0. The average Bonchev–Trinajstić information content (AvgIpc) is 2.93. The number of rotatable bonds is 5. The van der Waals surface area contributed by atoms with E-state index < -0.39 is 0 Å². The molecule has 0 saturated carbocycles. The lowest BCUT2D eigenvalue weighted by molar-refractivity contribution is -0.139. The maximum atomic E-state index is 12.0. The van der Waals surface area contributed by atoms with Crippen molar-refractivity contribution in [3.05, 3.63) is 16.6 Å². The van der Waals surface area contributed by atoms with Crippen LogP contribution in [0.5, 0.6) is 0 Å². The first kappa shape index (κ1) is 13.5. The van der Waals surface area contributed by atoms with Crippen molar-refractivity contribution >= 4 is 17.2 Å². The molecule has 2 rings (SSSR count). The molecule has 18 heavy (non-hydrogen) atoms. The molecule has 0 spiro atoms. The third kappa shape index (κ3) is 3.51. The zero-order chi connectivity index (χ0) is 12.8. The van der Waals surface area contributed by atoms with E-state index >= 15 is 0 Å². The molecule has 0 radical (unpaired) electrons. The van der Waals surface area contributed by atoms with Crippen molar-refractivity contribution in [1.29, 1.82) is 0 Å². The summed E-state index contributed by atoms with van der Waals surface area (Å²) >= 11 is 1.58. The van der Waals surface area contributed by atoms with Gasteiger partial charge in [-0.15, -0.1) is 11.3 Å². The summed E-state index contributed by atoms with van der Waals surface area (Å²) in [7, 11) is 1.90. The van der Waals surface area contributed by atoms with Gasteiger partial charge < -0.3 is 15.0 Å². The summed E-state index contributed by atoms with van der Waals surface area (Å²) in [5.74, 6) is 0.218. The first-order chi connectivity index (χ1) is 8.81. The van der Waals surface area contributed by atoms with E-state index in [9.17, 15) is 4.79 Å². The van der Waals surface area contributed by atoms with Gasteiger partial charge in [-0.05, 0) is 20.0 Å². The molecule has 1 N–H and O–H groups in total. The van der Waals surface area contributed by atoms with Crippen molar-refractivity contribution < 1.29 is 9.53 Å². The van der Waals surface area contributed by atoms with Gasteiger partial charge >= 0.3 is 0 Å². The second-order valence-electron chi connectivity index (χ2n) is 4.28. The fourth-order valence-electron chi connectivity index (χ4n) is 1.99. The fraction of sp³-hybridized carbons (Fsp3) is 0.667. The Morgan fingerprint density at radius 3 is 3.33 bits per heavy atom. The van der Waals surface area contributed by atoms with Crippen LogP contribution in [0, 0.1) is 0 Å². The first-order valence-electron chi connectivity index (χ1n) is 6.24. The highest BCUT2D eigenvalue weighted by molar-refractivity contribution is 7.09. The third-order valence-electron chi connectivity index (χ3n) is 2.96. The van der Waals surface area contributed by atoms with Crippen molar-refractivity contribution in [2.45, 2.75) is 18.9 Å². The highest BCUT2D eigenvalue weighted by Gasteiger charge is 2.26. The maximum Gasteiger partial charge on any atom is 0.222 e. The molecular formula is C12H19N3O2S. The van der Waals surface area contributed by atoms with E-state index in [1.165, 1.54) is 0 Å². The van der Waals surface area contributed by atoms with E-state index in [0.717, 1.165) is 18.0 Å². The molecule has 100 valence electrons. The van der Waals surface area contributed by atoms with E-state index in [-0.39, 0.29) is 12.0 Å². The Labute approximate surface area is 111 Å². The second-order valence-corrected chi connectivity index (χ2v) is 5.20. The van der Waals surface area contributed by atoms with Gasteiger partial charge in [0.05, 0.1) is 13.2 Å². The monoisotopic (exact) mass is 269 g/mol. The Kier molecular flexibility index (Phi) is 5.10. The smallest absolute Gasteiger partial charge is 0.222 e. The highest BCUT2D eigenvalue weighted by atomic mass is 32.1. The second kappa shape index (κ2) is 6.82. The molecule has 1 amide bonds. The number of carbonyl (C=O) groups is 1. The normalized spacial score (nSPS) is 20.1. The summed E-state index contributed by atoms with van der Waals surface area (Å²) in [4.78, 5) is 18.2. The fourth-order valence-corrected chi connectivity index (χ4v) is 2.67. The minimum absolute atomic E-state index is 0.0491. The van der Waals surface area contributed by atoms with Crippen LogP contribution < -0.4 is 5.32 Å². The molecule has 1 aliphatic rings. The van der Waals surface area contributed by atoms with E-state index in [4.69, 9.17) is 4.74 Å². The standard InChI is InChI=1S/C12H19N3O2S/c1-13-4-2-3-11(16)15-6-7-17-10(9-15)12-14-5-8-18-12/h5,8,10,13H,2-4,6-7,9H2,1H3. The van der Waals surface area contributed by atoms with Crippen LogP contribution in [0.4, 0.5) is 0 Å². The number of hydrogen-bond acceptors (Lipinski definition) is 5. The van der Waals surface area contributed by atoms with Gasteiger partial charge in [-0.25, -0.2) is 4.98 Å². The van der Waals surface area contributed by atoms with Gasteiger partial charge in [0.2, 0.25) is 5.91 Å². The quantitative estimate of drug-likeness (QED) is 0.812. The van der Waals surface area contributed by atoms with Gasteiger partial charge in [-0.3, -0.25) is 4.79 Å². The summed E-state index contributed by atoms with van der Waals surface area (Å²) in [6.07, 6.45) is 3.21. The lowest BCUT2D eigenvalue weighted by atomic mass is 10.2. The zero-order valence-electron chi connectivity index (χ0n) is 10.6. The Balaban J connectivity index is 1.84. The number of thiazole rings is 1. The van der Waals surface area contributed by atoms with E-state index in [1.807, 2.05) is 17.3 Å². The molecule has 0 bridgehead atoms. The molecular weight excluding hydrogens is 250 g/mol. The van der Waals surface area contributed by atoms with Gasteiger partial charge in [0.25, 0.3) is 0 Å². The van der Waals surface area contributed by atoms with Gasteiger partial charge in [0.1, 0.15) is 11.1 Å². The Hall–Kier alpha value is -0.980. The number of nitrogens with zero attached hydrogens (tertiary/aromatic N) is 2. The SMILES string of the molecule is CNCCCC(=O)N1CCOC(c2nccs2)C1. The van der Waals surface area contributed by atoms with Crippen LogP contribution in [-0.2, 0) is 9.53 Å². The summed E-state index contributed by atoms with van der Waals surface area (Å²) < 4.78 is 5.67. The highest BCUT2D eigenvalue weighted by Crippen LogP contribution is 2.24. The third-order valence-corrected chi connectivity index (χ3v) is 3.83. The molecule has 1 aromatic heterocycles. The van der Waals surface area contributed by atoms with Crippen LogP contribution in [0.3, 0.4) is 0 Å². The van der Waals surface area contributed by atoms with Crippen molar-refractivity contribution in [2.75, 3.05) is 33.3 Å². The molecule has 2 heterocycles. The van der Waals surface area contributed by atoms with Crippen LogP contribution >= 0.6 is 11.3 Å². The molecule has 1 saturated heterocycles. The molecule has 6 heteroatoms. The molecule has 1 aromatic rings. The summed E-state index contributed by atoms with van der Waals surface area (Å²) in [6, 6.07) is 0. The number of ether oxygens (including phenoxy) is 1. The first-order valence-corrected chi connectivity index (χ1v) is 7.12. The Morgan fingerprint density at radius 2 is 2.61 bits per heavy atom. The average molecular weight is 269 g/mol. The Morgan fingerprint density at radius 1 is 1.72 bits per heavy atom. The summed E-state index contributed by atoms with van der Waals surface area (Å²) in [5, 5.41) is 5.95. The molecule has 5 nitrogen and oxygen atoms in total. The number of hydrogen-bond donors (Lipinski definition) is 1. The lowest BCUT2D eigenvalue weighted by Gasteiger charge is -2.32. The summed E-state index contributed by atoms with van der Waals surface area (Å²) in [5.41, 5.74) is 0. The van der Waals surface area contributed by atoms with Crippen LogP contribution in [0.2, 0.25) is 0 Å². The van der Waals surface area contributed by atoms with Gasteiger partial charge in [0, 0.05) is 24.5 Å². The minimum Gasteiger partial charge on any atom is -0.367 e. The van der Waals surface area contributed by atoms with Gasteiger partial charge in [-0.1, -0.05) is 0 Å². The van der Waals surface area contributed by atoms with Gasteiger partial charge in [-0.2, -0.15) is 0 Å². The molecule has 1 unspecified atom stereocenters. The van der Waals surface area contributed by atoms with Crippen molar-refractivity contribution in [3.8, 4) is 0 Å². The largest absolute Gasteiger partial charge is 0.367 e. The van der Waals surface area contributed by atoms with Crippen molar-refractivity contribution in [1.82, 2.24) is 15.2 Å². The number of amides is 1. The zero-order valence-corrected chi connectivity index (χ0v) is 11.4. The number of aromatic nitrogens is 1. The van der Waals surface area contributed by atoms with E-state index in [0.29, 0.717) is 26.1 Å². The van der Waals surface area contributed by atoms with E-state index in [2.05, 4.69) is 10.3 Å². The topological polar surface area (TPSA) is 54.5 Å².